The van der Waals surface area contributed by atoms with Crippen LogP contribution in [0.1, 0.15) is 12.0 Å². The molecule has 0 aliphatic carbocycles. The van der Waals surface area contributed by atoms with Gasteiger partial charge >= 0.3 is 11.9 Å². The molecule has 0 saturated heterocycles. The van der Waals surface area contributed by atoms with Crippen LogP contribution in [0.15, 0.2) is 67.3 Å². The number of benzene rings is 2. The predicted molar refractivity (Wildman–Crippen MR) is 104 cm³/mol. The molecule has 140 valence electrons. The van der Waals surface area contributed by atoms with Crippen molar-refractivity contribution in [2.45, 2.75) is 6.42 Å². The van der Waals surface area contributed by atoms with Crippen LogP contribution in [0.5, 0.6) is 11.5 Å². The molecule has 0 atom stereocenters. The van der Waals surface area contributed by atoms with Crippen molar-refractivity contribution in [3.63, 3.8) is 0 Å². The van der Waals surface area contributed by atoms with E-state index in [2.05, 4.69) is 6.58 Å². The fourth-order valence-corrected chi connectivity index (χ4v) is 2.10. The third-order valence-electron chi connectivity index (χ3n) is 3.29. The van der Waals surface area contributed by atoms with Crippen molar-refractivity contribution in [3.8, 4) is 11.5 Å². The number of carbonyl (C=O) groups is 2. The maximum atomic E-state index is 11.8. The van der Waals surface area contributed by atoms with Gasteiger partial charge in [0.25, 0.3) is 0 Å². The molecule has 0 N–H and O–H groups in total. The zero-order valence-corrected chi connectivity index (χ0v) is 15.4. The number of carbonyl (C=O) groups excluding carboxylic acids is 2. The number of esters is 2. The molecule has 0 aliphatic heterocycles. The van der Waals surface area contributed by atoms with Crippen molar-refractivity contribution in [2.75, 3.05) is 13.2 Å². The Morgan fingerprint density at radius 2 is 1.59 bits per heavy atom. The Kier molecular flexibility index (Phi) is 8.13. The SMILES string of the molecule is C=CC(=O)OCCCOc1ccc(OC(=O)/C=C/c2ccc(Cl)cc2)cc1. The Balaban J connectivity index is 1.74. The number of halogens is 1. The summed E-state index contributed by atoms with van der Waals surface area (Å²) < 4.78 is 15.6. The summed E-state index contributed by atoms with van der Waals surface area (Å²) in [6, 6.07) is 13.8. The number of ether oxygens (including phenoxy) is 3. The first-order valence-corrected chi connectivity index (χ1v) is 8.62. The minimum absolute atomic E-state index is 0.264. The first kappa shape index (κ1) is 20.3. The van der Waals surface area contributed by atoms with Gasteiger partial charge in [-0.2, -0.15) is 0 Å². The summed E-state index contributed by atoms with van der Waals surface area (Å²) in [7, 11) is 0. The molecule has 27 heavy (non-hydrogen) atoms. The molecule has 0 fully saturated rings. The minimum atomic E-state index is -0.484. The minimum Gasteiger partial charge on any atom is -0.493 e. The van der Waals surface area contributed by atoms with Gasteiger partial charge in [-0.25, -0.2) is 9.59 Å². The van der Waals surface area contributed by atoms with Crippen LogP contribution >= 0.6 is 11.6 Å². The Labute approximate surface area is 162 Å². The molecule has 0 heterocycles. The highest BCUT2D eigenvalue weighted by molar-refractivity contribution is 6.30. The van der Waals surface area contributed by atoms with Crippen LogP contribution in [0.4, 0.5) is 0 Å². The largest absolute Gasteiger partial charge is 0.493 e. The quantitative estimate of drug-likeness (QED) is 0.275. The maximum Gasteiger partial charge on any atom is 0.336 e. The molecule has 0 aromatic heterocycles. The Hall–Kier alpha value is -3.05. The Morgan fingerprint density at radius 1 is 0.926 bits per heavy atom. The molecule has 6 heteroatoms. The molecule has 2 aromatic carbocycles. The van der Waals surface area contributed by atoms with Crippen LogP contribution in [0.3, 0.4) is 0 Å². The summed E-state index contributed by atoms with van der Waals surface area (Å²) in [5.41, 5.74) is 0.846. The van der Waals surface area contributed by atoms with Gasteiger partial charge in [0.15, 0.2) is 0 Å². The molecule has 5 nitrogen and oxygen atoms in total. The van der Waals surface area contributed by atoms with Crippen molar-refractivity contribution in [2.24, 2.45) is 0 Å². The van der Waals surface area contributed by atoms with Crippen LogP contribution < -0.4 is 9.47 Å². The summed E-state index contributed by atoms with van der Waals surface area (Å²) in [6.45, 7) is 3.98. The summed E-state index contributed by atoms with van der Waals surface area (Å²) in [5, 5.41) is 0.634. The van der Waals surface area contributed by atoms with Crippen molar-refractivity contribution >= 4 is 29.6 Å². The van der Waals surface area contributed by atoms with Crippen molar-refractivity contribution in [3.05, 3.63) is 77.8 Å². The van der Waals surface area contributed by atoms with Crippen LogP contribution in [0.2, 0.25) is 5.02 Å². The number of rotatable bonds is 9. The molecular weight excluding hydrogens is 368 g/mol. The third kappa shape index (κ3) is 7.79. The second-order valence-corrected chi connectivity index (χ2v) is 5.79. The lowest BCUT2D eigenvalue weighted by atomic mass is 10.2. The van der Waals surface area contributed by atoms with E-state index >= 15 is 0 Å². The van der Waals surface area contributed by atoms with Crippen molar-refractivity contribution in [1.82, 2.24) is 0 Å². The van der Waals surface area contributed by atoms with Gasteiger partial charge in [-0.05, 0) is 48.0 Å². The number of hydrogen-bond donors (Lipinski definition) is 0. The highest BCUT2D eigenvalue weighted by Gasteiger charge is 2.02. The second kappa shape index (κ2) is 10.8. The monoisotopic (exact) mass is 386 g/mol. The average molecular weight is 387 g/mol. The lowest BCUT2D eigenvalue weighted by Crippen LogP contribution is -2.06. The molecule has 0 aliphatic rings. The van der Waals surface area contributed by atoms with Gasteiger partial charge in [0.2, 0.25) is 0 Å². The van der Waals surface area contributed by atoms with Gasteiger partial charge in [0.1, 0.15) is 11.5 Å². The van der Waals surface area contributed by atoms with Crippen LogP contribution in [-0.2, 0) is 14.3 Å². The Morgan fingerprint density at radius 3 is 2.26 bits per heavy atom. The van der Waals surface area contributed by atoms with E-state index in [-0.39, 0.29) is 6.61 Å². The first-order chi connectivity index (χ1) is 13.1. The standard InChI is InChI=1S/C21H19ClO5/c1-2-20(23)26-15-3-14-25-18-9-11-19(12-10-18)27-21(24)13-6-16-4-7-17(22)8-5-16/h2,4-13H,1,3,14-15H2/b13-6+. The smallest absolute Gasteiger partial charge is 0.336 e. The van der Waals surface area contributed by atoms with Crippen LogP contribution in [-0.4, -0.2) is 25.2 Å². The number of hydrogen-bond acceptors (Lipinski definition) is 5. The fourth-order valence-electron chi connectivity index (χ4n) is 1.97. The summed E-state index contributed by atoms with van der Waals surface area (Å²) in [5.74, 6) is 0.100. The zero-order valence-electron chi connectivity index (χ0n) is 14.6. The average Bonchev–Trinajstić information content (AvgIpc) is 2.68. The second-order valence-electron chi connectivity index (χ2n) is 5.35. The van der Waals surface area contributed by atoms with E-state index in [0.29, 0.717) is 29.5 Å². The highest BCUT2D eigenvalue weighted by Crippen LogP contribution is 2.18. The molecule has 2 rings (SSSR count). The Bertz CT molecular complexity index is 794. The molecule has 0 spiro atoms. The van der Waals surface area contributed by atoms with Gasteiger partial charge in [-0.3, -0.25) is 0 Å². The summed E-state index contributed by atoms with van der Waals surface area (Å²) >= 11 is 5.81. The van der Waals surface area contributed by atoms with Crippen LogP contribution in [0.25, 0.3) is 6.08 Å². The fraction of sp³-hybridized carbons (Fsp3) is 0.143. The van der Waals surface area contributed by atoms with E-state index in [9.17, 15) is 9.59 Å². The molecule has 0 amide bonds. The zero-order chi connectivity index (χ0) is 19.5. The van der Waals surface area contributed by atoms with Gasteiger partial charge in [0, 0.05) is 23.6 Å². The summed E-state index contributed by atoms with van der Waals surface area (Å²) in [6.07, 6.45) is 4.67. The van der Waals surface area contributed by atoms with E-state index in [0.717, 1.165) is 11.6 Å². The van der Waals surface area contributed by atoms with Gasteiger partial charge in [-0.1, -0.05) is 30.3 Å². The van der Waals surface area contributed by atoms with E-state index in [1.54, 1.807) is 54.6 Å². The topological polar surface area (TPSA) is 61.8 Å². The van der Waals surface area contributed by atoms with Gasteiger partial charge in [-0.15, -0.1) is 0 Å². The third-order valence-corrected chi connectivity index (χ3v) is 3.54. The van der Waals surface area contributed by atoms with Crippen molar-refractivity contribution < 1.29 is 23.8 Å². The lowest BCUT2D eigenvalue weighted by molar-refractivity contribution is -0.138. The molecule has 2 aromatic rings. The maximum absolute atomic E-state index is 11.8. The van der Waals surface area contributed by atoms with Gasteiger partial charge < -0.3 is 14.2 Å². The van der Waals surface area contributed by atoms with Crippen molar-refractivity contribution in [1.29, 1.82) is 0 Å². The summed E-state index contributed by atoms with van der Waals surface area (Å²) in [4.78, 5) is 22.7. The molecule has 0 radical (unpaired) electrons. The van der Waals surface area contributed by atoms with E-state index < -0.39 is 11.9 Å². The highest BCUT2D eigenvalue weighted by atomic mass is 35.5. The molecule has 0 bridgehead atoms. The molecular formula is C21H19ClO5. The van der Waals surface area contributed by atoms with E-state index in [1.165, 1.54) is 6.08 Å². The molecule has 0 unspecified atom stereocenters. The van der Waals surface area contributed by atoms with Crippen LogP contribution in [0, 0.1) is 0 Å². The normalized spacial score (nSPS) is 10.4. The molecule has 0 saturated carbocycles. The lowest BCUT2D eigenvalue weighted by Gasteiger charge is -2.07. The van der Waals surface area contributed by atoms with Gasteiger partial charge in [0.05, 0.1) is 13.2 Å². The van der Waals surface area contributed by atoms with E-state index in [4.69, 9.17) is 25.8 Å². The van der Waals surface area contributed by atoms with E-state index in [1.807, 2.05) is 0 Å². The first-order valence-electron chi connectivity index (χ1n) is 8.24. The predicted octanol–water partition coefficient (Wildman–Crippen LogP) is 4.46.